The molecule has 0 radical (unpaired) electrons. The molecule has 2 rings (SSSR count). The first-order valence-corrected chi connectivity index (χ1v) is 7.59. The van der Waals surface area contributed by atoms with E-state index >= 15 is 0 Å². The fourth-order valence-corrected chi connectivity index (χ4v) is 2.14. The minimum absolute atomic E-state index is 0.107. The molecule has 1 amide bonds. The molecule has 0 spiro atoms. The van der Waals surface area contributed by atoms with Gasteiger partial charge in [-0.15, -0.1) is 0 Å². The Labute approximate surface area is 131 Å². The van der Waals surface area contributed by atoms with E-state index in [4.69, 9.17) is 9.47 Å². The number of amides is 1. The van der Waals surface area contributed by atoms with Crippen molar-refractivity contribution >= 4 is 11.9 Å². The van der Waals surface area contributed by atoms with Gasteiger partial charge in [-0.3, -0.25) is 0 Å². The van der Waals surface area contributed by atoms with Crippen molar-refractivity contribution in [2.24, 2.45) is 0 Å². The van der Waals surface area contributed by atoms with E-state index in [0.717, 1.165) is 18.8 Å². The first kappa shape index (κ1) is 16.3. The van der Waals surface area contributed by atoms with Gasteiger partial charge in [-0.1, -0.05) is 0 Å². The number of ether oxygens (including phenoxy) is 2. The van der Waals surface area contributed by atoms with Gasteiger partial charge in [0.25, 0.3) is 0 Å². The minimum atomic E-state index is -0.487. The summed E-state index contributed by atoms with van der Waals surface area (Å²) in [6.45, 7) is 9.46. The first-order chi connectivity index (χ1) is 10.4. The second-order valence-electron chi connectivity index (χ2n) is 6.21. The molecule has 1 aliphatic heterocycles. The SMILES string of the molecule is CCNc1ccnc(O[C@H]2CCN(C(=O)OC(C)(C)C)C2)n1. The van der Waals surface area contributed by atoms with E-state index in [-0.39, 0.29) is 12.2 Å². The highest BCUT2D eigenvalue weighted by Crippen LogP contribution is 2.19. The van der Waals surface area contributed by atoms with Gasteiger partial charge in [-0.25, -0.2) is 9.78 Å². The average Bonchev–Trinajstić information content (AvgIpc) is 2.86. The lowest BCUT2D eigenvalue weighted by molar-refractivity contribution is 0.0274. The van der Waals surface area contributed by atoms with Gasteiger partial charge in [-0.05, 0) is 33.8 Å². The molecule has 7 heteroatoms. The summed E-state index contributed by atoms with van der Waals surface area (Å²) in [5, 5.41) is 3.11. The van der Waals surface area contributed by atoms with Crippen molar-refractivity contribution in [2.75, 3.05) is 25.0 Å². The van der Waals surface area contributed by atoms with Crippen LogP contribution in [0.4, 0.5) is 10.6 Å². The second kappa shape index (κ2) is 6.81. The number of anilines is 1. The van der Waals surface area contributed by atoms with Crippen LogP contribution in [0.5, 0.6) is 6.01 Å². The normalized spacial score (nSPS) is 18.2. The molecule has 0 unspecified atom stereocenters. The summed E-state index contributed by atoms with van der Waals surface area (Å²) in [6.07, 6.45) is 1.99. The Bertz CT molecular complexity index is 516. The molecule has 2 heterocycles. The molecule has 1 N–H and O–H groups in total. The zero-order chi connectivity index (χ0) is 16.2. The summed E-state index contributed by atoms with van der Waals surface area (Å²) in [4.78, 5) is 22.0. The number of carbonyl (C=O) groups is 1. The van der Waals surface area contributed by atoms with Crippen LogP contribution in [0.1, 0.15) is 34.1 Å². The van der Waals surface area contributed by atoms with Crippen LogP contribution in [0.15, 0.2) is 12.3 Å². The predicted octanol–water partition coefficient (Wildman–Crippen LogP) is 2.30. The van der Waals surface area contributed by atoms with Crippen LogP contribution in [-0.4, -0.2) is 52.3 Å². The van der Waals surface area contributed by atoms with Gasteiger partial charge in [0.05, 0.1) is 6.54 Å². The van der Waals surface area contributed by atoms with Crippen LogP contribution in [0.2, 0.25) is 0 Å². The fourth-order valence-electron chi connectivity index (χ4n) is 2.14. The predicted molar refractivity (Wildman–Crippen MR) is 83.0 cm³/mol. The summed E-state index contributed by atoms with van der Waals surface area (Å²) in [5.41, 5.74) is -0.487. The van der Waals surface area contributed by atoms with E-state index in [9.17, 15) is 4.79 Å². The van der Waals surface area contributed by atoms with Gasteiger partial charge in [-0.2, -0.15) is 4.98 Å². The average molecular weight is 308 g/mol. The Morgan fingerprint density at radius 3 is 2.95 bits per heavy atom. The number of nitrogens with zero attached hydrogens (tertiary/aromatic N) is 3. The Morgan fingerprint density at radius 2 is 2.27 bits per heavy atom. The van der Waals surface area contributed by atoms with Crippen molar-refractivity contribution in [1.82, 2.24) is 14.9 Å². The summed E-state index contributed by atoms with van der Waals surface area (Å²) in [5.74, 6) is 0.731. The molecule has 0 aliphatic carbocycles. The zero-order valence-corrected chi connectivity index (χ0v) is 13.6. The monoisotopic (exact) mass is 308 g/mol. The molecular weight excluding hydrogens is 284 g/mol. The third kappa shape index (κ3) is 4.75. The van der Waals surface area contributed by atoms with E-state index in [2.05, 4.69) is 15.3 Å². The van der Waals surface area contributed by atoms with Crippen molar-refractivity contribution in [3.05, 3.63) is 12.3 Å². The summed E-state index contributed by atoms with van der Waals surface area (Å²) in [6, 6.07) is 2.12. The third-order valence-corrected chi connectivity index (χ3v) is 3.06. The lowest BCUT2D eigenvalue weighted by atomic mass is 10.2. The smallest absolute Gasteiger partial charge is 0.410 e. The van der Waals surface area contributed by atoms with E-state index in [1.54, 1.807) is 17.2 Å². The van der Waals surface area contributed by atoms with E-state index in [1.807, 2.05) is 27.7 Å². The molecule has 0 aromatic carbocycles. The van der Waals surface area contributed by atoms with Gasteiger partial charge in [0.1, 0.15) is 17.5 Å². The summed E-state index contributed by atoms with van der Waals surface area (Å²) < 4.78 is 11.1. The number of aromatic nitrogens is 2. The van der Waals surface area contributed by atoms with Gasteiger partial charge in [0, 0.05) is 25.7 Å². The molecule has 1 aromatic rings. The summed E-state index contributed by atoms with van der Waals surface area (Å²) >= 11 is 0. The number of hydrogen-bond acceptors (Lipinski definition) is 6. The van der Waals surface area contributed by atoms with E-state index in [0.29, 0.717) is 19.1 Å². The number of rotatable bonds is 4. The Kier molecular flexibility index (Phi) is 5.05. The maximum atomic E-state index is 12.0. The maximum Gasteiger partial charge on any atom is 0.410 e. The van der Waals surface area contributed by atoms with Crippen molar-refractivity contribution in [3.63, 3.8) is 0 Å². The topological polar surface area (TPSA) is 76.6 Å². The molecular formula is C15H24N4O3. The van der Waals surface area contributed by atoms with Gasteiger partial charge >= 0.3 is 12.1 Å². The zero-order valence-electron chi connectivity index (χ0n) is 13.6. The lowest BCUT2D eigenvalue weighted by Crippen LogP contribution is -2.36. The number of nitrogens with one attached hydrogen (secondary N) is 1. The van der Waals surface area contributed by atoms with E-state index < -0.39 is 5.60 Å². The Balaban J connectivity index is 1.88. The third-order valence-electron chi connectivity index (χ3n) is 3.06. The quantitative estimate of drug-likeness (QED) is 0.919. The highest BCUT2D eigenvalue weighted by Gasteiger charge is 2.31. The standard InChI is InChI=1S/C15H24N4O3/c1-5-16-12-6-8-17-13(18-12)21-11-7-9-19(10-11)14(20)22-15(2,3)4/h6,8,11H,5,7,9-10H2,1-4H3,(H,16,17,18)/t11-/m0/s1. The van der Waals surface area contributed by atoms with Crippen molar-refractivity contribution < 1.29 is 14.3 Å². The maximum absolute atomic E-state index is 12.0. The van der Waals surface area contributed by atoms with Gasteiger partial charge < -0.3 is 19.7 Å². The molecule has 1 fully saturated rings. The van der Waals surface area contributed by atoms with Crippen LogP contribution in [0.3, 0.4) is 0 Å². The molecule has 22 heavy (non-hydrogen) atoms. The van der Waals surface area contributed by atoms with Crippen LogP contribution >= 0.6 is 0 Å². The van der Waals surface area contributed by atoms with Crippen molar-refractivity contribution in [1.29, 1.82) is 0 Å². The molecule has 122 valence electrons. The molecule has 1 aromatic heterocycles. The number of carbonyl (C=O) groups excluding carboxylic acids is 1. The molecule has 0 bridgehead atoms. The molecule has 7 nitrogen and oxygen atoms in total. The molecule has 1 aliphatic rings. The minimum Gasteiger partial charge on any atom is -0.458 e. The highest BCUT2D eigenvalue weighted by molar-refractivity contribution is 5.68. The van der Waals surface area contributed by atoms with Gasteiger partial charge in [0.2, 0.25) is 0 Å². The molecule has 0 saturated carbocycles. The number of likely N-dealkylation sites (tertiary alicyclic amines) is 1. The van der Waals surface area contributed by atoms with Crippen LogP contribution in [0.25, 0.3) is 0 Å². The van der Waals surface area contributed by atoms with E-state index in [1.165, 1.54) is 0 Å². The Hall–Kier alpha value is -2.05. The van der Waals surface area contributed by atoms with Crippen LogP contribution < -0.4 is 10.1 Å². The van der Waals surface area contributed by atoms with Gasteiger partial charge in [0.15, 0.2) is 0 Å². The summed E-state index contributed by atoms with van der Waals surface area (Å²) in [7, 11) is 0. The van der Waals surface area contributed by atoms with Crippen molar-refractivity contribution in [3.8, 4) is 6.01 Å². The molecule has 1 atom stereocenters. The first-order valence-electron chi connectivity index (χ1n) is 7.59. The molecule has 1 saturated heterocycles. The van der Waals surface area contributed by atoms with Crippen LogP contribution in [0, 0.1) is 0 Å². The Morgan fingerprint density at radius 1 is 1.50 bits per heavy atom. The van der Waals surface area contributed by atoms with Crippen molar-refractivity contribution in [2.45, 2.75) is 45.8 Å². The lowest BCUT2D eigenvalue weighted by Gasteiger charge is -2.24. The fraction of sp³-hybridized carbons (Fsp3) is 0.667. The second-order valence-corrected chi connectivity index (χ2v) is 6.21. The largest absolute Gasteiger partial charge is 0.458 e. The van der Waals surface area contributed by atoms with Crippen LogP contribution in [-0.2, 0) is 4.74 Å². The number of hydrogen-bond donors (Lipinski definition) is 1. The highest BCUT2D eigenvalue weighted by atomic mass is 16.6.